The van der Waals surface area contributed by atoms with Crippen LogP contribution < -0.4 is 0 Å². The molecule has 4 heteroatoms. The van der Waals surface area contributed by atoms with Gasteiger partial charge in [-0.05, 0) is 12.8 Å². The molecule has 88 valence electrons. The van der Waals surface area contributed by atoms with E-state index in [2.05, 4.69) is 9.98 Å². The van der Waals surface area contributed by atoms with E-state index >= 15 is 0 Å². The Hall–Kier alpha value is -1.06. The molecule has 0 N–H and O–H groups in total. The summed E-state index contributed by atoms with van der Waals surface area (Å²) in [5.74, 6) is 2.77. The van der Waals surface area contributed by atoms with Crippen molar-refractivity contribution in [3.8, 4) is 0 Å². The Balaban J connectivity index is 1.77. The molecule has 4 nitrogen and oxygen atoms in total. The maximum absolute atomic E-state index is 5.62. The molecule has 2 aliphatic heterocycles. The van der Waals surface area contributed by atoms with Gasteiger partial charge in [-0.25, -0.2) is 0 Å². The number of hydrogen-bond donors (Lipinski definition) is 0. The zero-order valence-corrected chi connectivity index (χ0v) is 9.52. The first-order chi connectivity index (χ1) is 7.95. The van der Waals surface area contributed by atoms with Gasteiger partial charge in [-0.2, -0.15) is 0 Å². The third-order valence-electron chi connectivity index (χ3n) is 3.62. The first-order valence-electron chi connectivity index (χ1n) is 6.29. The van der Waals surface area contributed by atoms with Crippen LogP contribution in [0.25, 0.3) is 0 Å². The Morgan fingerprint density at radius 2 is 1.31 bits per heavy atom. The molecule has 0 aromatic carbocycles. The quantitative estimate of drug-likeness (QED) is 0.713. The van der Waals surface area contributed by atoms with Crippen LogP contribution in [-0.2, 0) is 9.47 Å². The molecule has 0 radical (unpaired) electrons. The summed E-state index contributed by atoms with van der Waals surface area (Å²) in [4.78, 5) is 8.93. The Morgan fingerprint density at radius 1 is 0.812 bits per heavy atom. The molecule has 2 unspecified atom stereocenters. The van der Waals surface area contributed by atoms with Gasteiger partial charge in [0.05, 0.1) is 13.1 Å². The monoisotopic (exact) mass is 222 g/mol. The van der Waals surface area contributed by atoms with E-state index in [0.717, 1.165) is 38.1 Å². The standard InChI is InChI=1S/C12H18N2O2/c1-2-4-10(12-14-6-8-16-12)9(3-1)11-13-5-7-15-11/h9-10H,1-8H2. The normalized spacial score (nSPS) is 34.0. The van der Waals surface area contributed by atoms with Crippen LogP contribution in [0.4, 0.5) is 0 Å². The maximum Gasteiger partial charge on any atom is 0.187 e. The third-order valence-corrected chi connectivity index (χ3v) is 3.62. The highest BCUT2D eigenvalue weighted by atomic mass is 16.5. The second kappa shape index (κ2) is 4.44. The van der Waals surface area contributed by atoms with Gasteiger partial charge in [-0.1, -0.05) is 12.8 Å². The van der Waals surface area contributed by atoms with E-state index in [-0.39, 0.29) is 0 Å². The highest BCUT2D eigenvalue weighted by Crippen LogP contribution is 2.34. The second-order valence-corrected chi connectivity index (χ2v) is 4.63. The molecule has 0 aromatic rings. The van der Waals surface area contributed by atoms with Crippen LogP contribution in [0, 0.1) is 11.8 Å². The summed E-state index contributed by atoms with van der Waals surface area (Å²) in [7, 11) is 0. The molecule has 1 saturated carbocycles. The predicted octanol–water partition coefficient (Wildman–Crippen LogP) is 1.65. The van der Waals surface area contributed by atoms with Crippen LogP contribution in [0.3, 0.4) is 0 Å². The van der Waals surface area contributed by atoms with Gasteiger partial charge in [0.2, 0.25) is 0 Å². The van der Waals surface area contributed by atoms with Crippen molar-refractivity contribution < 1.29 is 9.47 Å². The Bertz CT molecular complexity index is 293. The fourth-order valence-corrected chi connectivity index (χ4v) is 2.87. The molecular weight excluding hydrogens is 204 g/mol. The van der Waals surface area contributed by atoms with Crippen LogP contribution >= 0.6 is 0 Å². The van der Waals surface area contributed by atoms with Gasteiger partial charge in [0.1, 0.15) is 13.2 Å². The molecule has 2 heterocycles. The average Bonchev–Trinajstić information content (AvgIpc) is 3.03. The number of hydrogen-bond acceptors (Lipinski definition) is 4. The van der Waals surface area contributed by atoms with Gasteiger partial charge in [0.15, 0.2) is 11.8 Å². The van der Waals surface area contributed by atoms with Crippen LogP contribution in [0.5, 0.6) is 0 Å². The van der Waals surface area contributed by atoms with Crippen molar-refractivity contribution in [2.24, 2.45) is 21.8 Å². The summed E-state index contributed by atoms with van der Waals surface area (Å²) in [6.45, 7) is 3.16. The van der Waals surface area contributed by atoms with Crippen LogP contribution in [-0.4, -0.2) is 38.1 Å². The molecule has 3 rings (SSSR count). The number of ether oxygens (including phenoxy) is 2. The molecule has 2 atom stereocenters. The molecule has 16 heavy (non-hydrogen) atoms. The lowest BCUT2D eigenvalue weighted by atomic mass is 9.79. The molecule has 3 aliphatic rings. The van der Waals surface area contributed by atoms with Crippen molar-refractivity contribution in [1.82, 2.24) is 0 Å². The van der Waals surface area contributed by atoms with Crippen molar-refractivity contribution in [3.63, 3.8) is 0 Å². The first-order valence-corrected chi connectivity index (χ1v) is 6.29. The van der Waals surface area contributed by atoms with Gasteiger partial charge in [0, 0.05) is 11.8 Å². The van der Waals surface area contributed by atoms with E-state index in [0.29, 0.717) is 11.8 Å². The van der Waals surface area contributed by atoms with E-state index in [9.17, 15) is 0 Å². The molecule has 0 spiro atoms. The van der Waals surface area contributed by atoms with E-state index < -0.39 is 0 Å². The SMILES string of the molecule is C1CCC(C2=NCCO2)C(C2=NCCO2)C1. The Morgan fingerprint density at radius 3 is 1.69 bits per heavy atom. The van der Waals surface area contributed by atoms with Gasteiger partial charge in [0.25, 0.3) is 0 Å². The summed E-state index contributed by atoms with van der Waals surface area (Å²) >= 11 is 0. The summed E-state index contributed by atoms with van der Waals surface area (Å²) in [5, 5.41) is 0. The topological polar surface area (TPSA) is 43.2 Å². The minimum absolute atomic E-state index is 0.424. The molecule has 0 saturated heterocycles. The fourth-order valence-electron chi connectivity index (χ4n) is 2.87. The molecule has 1 aliphatic carbocycles. The van der Waals surface area contributed by atoms with E-state index in [1.54, 1.807) is 0 Å². The molecule has 0 bridgehead atoms. The van der Waals surface area contributed by atoms with Crippen LogP contribution in [0.15, 0.2) is 9.98 Å². The zero-order valence-electron chi connectivity index (χ0n) is 9.52. The van der Waals surface area contributed by atoms with Gasteiger partial charge < -0.3 is 9.47 Å². The summed E-state index contributed by atoms with van der Waals surface area (Å²) in [6, 6.07) is 0. The first kappa shape index (κ1) is 10.1. The van der Waals surface area contributed by atoms with E-state index in [4.69, 9.17) is 9.47 Å². The van der Waals surface area contributed by atoms with Crippen molar-refractivity contribution in [1.29, 1.82) is 0 Å². The third kappa shape index (κ3) is 1.81. The predicted molar refractivity (Wildman–Crippen MR) is 62.0 cm³/mol. The average molecular weight is 222 g/mol. The van der Waals surface area contributed by atoms with Crippen LogP contribution in [0.1, 0.15) is 25.7 Å². The molecule has 1 fully saturated rings. The van der Waals surface area contributed by atoms with Crippen LogP contribution in [0.2, 0.25) is 0 Å². The number of rotatable bonds is 2. The second-order valence-electron chi connectivity index (χ2n) is 4.63. The fraction of sp³-hybridized carbons (Fsp3) is 0.833. The summed E-state index contributed by atoms with van der Waals surface area (Å²) in [6.07, 6.45) is 4.89. The lowest BCUT2D eigenvalue weighted by molar-refractivity contribution is 0.247. The molecule has 0 amide bonds. The Labute approximate surface area is 95.8 Å². The summed E-state index contributed by atoms with van der Waals surface area (Å²) in [5.41, 5.74) is 0. The maximum atomic E-state index is 5.62. The molecular formula is C12H18N2O2. The number of aliphatic imine (C=N–C) groups is 2. The smallest absolute Gasteiger partial charge is 0.187 e. The minimum Gasteiger partial charge on any atom is -0.479 e. The van der Waals surface area contributed by atoms with Gasteiger partial charge in [-0.15, -0.1) is 0 Å². The highest BCUT2D eigenvalue weighted by Gasteiger charge is 2.36. The van der Waals surface area contributed by atoms with Gasteiger partial charge >= 0.3 is 0 Å². The van der Waals surface area contributed by atoms with Gasteiger partial charge in [-0.3, -0.25) is 9.98 Å². The Kier molecular flexibility index (Phi) is 2.80. The van der Waals surface area contributed by atoms with Crippen molar-refractivity contribution in [2.45, 2.75) is 25.7 Å². The lowest BCUT2D eigenvalue weighted by Crippen LogP contribution is -2.33. The van der Waals surface area contributed by atoms with Crippen molar-refractivity contribution >= 4 is 11.8 Å². The zero-order chi connectivity index (χ0) is 10.8. The van der Waals surface area contributed by atoms with Crippen molar-refractivity contribution in [3.05, 3.63) is 0 Å². The number of nitrogens with zero attached hydrogens (tertiary/aromatic N) is 2. The van der Waals surface area contributed by atoms with E-state index in [1.165, 1.54) is 25.7 Å². The van der Waals surface area contributed by atoms with E-state index in [1.807, 2.05) is 0 Å². The highest BCUT2D eigenvalue weighted by molar-refractivity contribution is 5.89. The van der Waals surface area contributed by atoms with Crippen molar-refractivity contribution in [2.75, 3.05) is 26.3 Å². The minimum atomic E-state index is 0.424. The molecule has 0 aromatic heterocycles. The largest absolute Gasteiger partial charge is 0.479 e. The lowest BCUT2D eigenvalue weighted by Gasteiger charge is -2.30. The summed E-state index contributed by atoms with van der Waals surface area (Å²) < 4.78 is 11.2.